The van der Waals surface area contributed by atoms with E-state index in [2.05, 4.69) is 26.0 Å². The molecule has 1 aromatic carbocycles. The fourth-order valence-corrected chi connectivity index (χ4v) is 3.80. The Kier molecular flexibility index (Phi) is 2.01. The van der Waals surface area contributed by atoms with E-state index in [0.29, 0.717) is 17.6 Å². The van der Waals surface area contributed by atoms with Crippen LogP contribution >= 0.6 is 0 Å². The lowest BCUT2D eigenvalue weighted by molar-refractivity contribution is 0.0817. The largest absolute Gasteiger partial charge is 0.294 e. The van der Waals surface area contributed by atoms with E-state index >= 15 is 0 Å². The highest BCUT2D eigenvalue weighted by molar-refractivity contribution is 6.01. The lowest BCUT2D eigenvalue weighted by atomic mass is 9.62. The van der Waals surface area contributed by atoms with Gasteiger partial charge in [-0.25, -0.2) is 0 Å². The van der Waals surface area contributed by atoms with Crippen LogP contribution in [0.1, 0.15) is 49.0 Å². The van der Waals surface area contributed by atoms with Gasteiger partial charge in [0.15, 0.2) is 5.78 Å². The molecule has 0 saturated heterocycles. The molecule has 1 heteroatoms. The molecule has 0 bridgehead atoms. The molecule has 0 heterocycles. The summed E-state index contributed by atoms with van der Waals surface area (Å²) in [6.07, 6.45) is 3.54. The standard InChI is InChI=1S/C15H18O/c1-15(2)12-8-4-3-6-10(12)14(16)11-7-5-9-13(11)15/h3-4,6,8,11,13H,5,7,9H2,1-2H3/t11-,13-/m0/s1. The molecule has 16 heavy (non-hydrogen) atoms. The quantitative estimate of drug-likeness (QED) is 0.645. The number of fused-ring (bicyclic) bond motifs is 2. The number of carbonyl (C=O) groups excluding carboxylic acids is 1. The summed E-state index contributed by atoms with van der Waals surface area (Å²) in [6.45, 7) is 4.61. The highest BCUT2D eigenvalue weighted by Crippen LogP contribution is 2.51. The monoisotopic (exact) mass is 214 g/mol. The number of hydrogen-bond acceptors (Lipinski definition) is 1. The van der Waals surface area contributed by atoms with Crippen molar-refractivity contribution in [3.05, 3.63) is 35.4 Å². The topological polar surface area (TPSA) is 17.1 Å². The summed E-state index contributed by atoms with van der Waals surface area (Å²) in [7, 11) is 0. The Bertz CT molecular complexity index is 445. The van der Waals surface area contributed by atoms with Gasteiger partial charge < -0.3 is 0 Å². The Morgan fingerprint density at radius 1 is 1.19 bits per heavy atom. The van der Waals surface area contributed by atoms with Gasteiger partial charge in [-0.2, -0.15) is 0 Å². The van der Waals surface area contributed by atoms with Crippen molar-refractivity contribution in [2.24, 2.45) is 11.8 Å². The van der Waals surface area contributed by atoms with E-state index in [9.17, 15) is 4.79 Å². The molecule has 1 nitrogen and oxygen atoms in total. The van der Waals surface area contributed by atoms with E-state index in [1.54, 1.807) is 0 Å². The molecule has 0 unspecified atom stereocenters. The first-order chi connectivity index (χ1) is 7.62. The van der Waals surface area contributed by atoms with Gasteiger partial charge in [0.2, 0.25) is 0 Å². The zero-order valence-electron chi connectivity index (χ0n) is 9.99. The summed E-state index contributed by atoms with van der Waals surface area (Å²) in [4.78, 5) is 12.4. The summed E-state index contributed by atoms with van der Waals surface area (Å²) in [5.41, 5.74) is 2.42. The fourth-order valence-electron chi connectivity index (χ4n) is 3.80. The van der Waals surface area contributed by atoms with Crippen molar-refractivity contribution in [1.29, 1.82) is 0 Å². The molecule has 0 spiro atoms. The number of hydrogen-bond donors (Lipinski definition) is 0. The van der Waals surface area contributed by atoms with Crippen LogP contribution < -0.4 is 0 Å². The third-order valence-electron chi connectivity index (χ3n) is 4.67. The number of carbonyl (C=O) groups is 1. The average Bonchev–Trinajstić information content (AvgIpc) is 2.76. The van der Waals surface area contributed by atoms with Crippen LogP contribution in [0, 0.1) is 11.8 Å². The number of benzene rings is 1. The molecule has 84 valence electrons. The summed E-state index contributed by atoms with van der Waals surface area (Å²) in [5, 5.41) is 0. The second-order valence-electron chi connectivity index (χ2n) is 5.78. The Hall–Kier alpha value is -1.11. The molecule has 2 atom stereocenters. The zero-order chi connectivity index (χ0) is 11.3. The lowest BCUT2D eigenvalue weighted by Crippen LogP contribution is -2.41. The van der Waals surface area contributed by atoms with Gasteiger partial charge in [-0.05, 0) is 29.7 Å². The Morgan fingerprint density at radius 3 is 2.75 bits per heavy atom. The van der Waals surface area contributed by atoms with Crippen LogP contribution in [0.4, 0.5) is 0 Å². The van der Waals surface area contributed by atoms with Crippen molar-refractivity contribution in [3.8, 4) is 0 Å². The molecule has 2 aliphatic carbocycles. The highest BCUT2D eigenvalue weighted by atomic mass is 16.1. The second kappa shape index (κ2) is 3.19. The van der Waals surface area contributed by atoms with Gasteiger partial charge in [0.05, 0.1) is 0 Å². The van der Waals surface area contributed by atoms with Crippen LogP contribution in [0.15, 0.2) is 24.3 Å². The molecular weight excluding hydrogens is 196 g/mol. The molecule has 0 aliphatic heterocycles. The van der Waals surface area contributed by atoms with Crippen LogP contribution in [-0.2, 0) is 5.41 Å². The van der Waals surface area contributed by atoms with Gasteiger partial charge in [-0.15, -0.1) is 0 Å². The molecule has 0 amide bonds. The van der Waals surface area contributed by atoms with Crippen molar-refractivity contribution in [3.63, 3.8) is 0 Å². The van der Waals surface area contributed by atoms with E-state index in [4.69, 9.17) is 0 Å². The van der Waals surface area contributed by atoms with Gasteiger partial charge in [-0.3, -0.25) is 4.79 Å². The van der Waals surface area contributed by atoms with Crippen molar-refractivity contribution < 1.29 is 4.79 Å². The zero-order valence-corrected chi connectivity index (χ0v) is 9.99. The first-order valence-electron chi connectivity index (χ1n) is 6.26. The van der Waals surface area contributed by atoms with E-state index in [1.807, 2.05) is 12.1 Å². The maximum Gasteiger partial charge on any atom is 0.166 e. The molecule has 1 saturated carbocycles. The second-order valence-corrected chi connectivity index (χ2v) is 5.78. The normalized spacial score (nSPS) is 31.0. The minimum Gasteiger partial charge on any atom is -0.294 e. The lowest BCUT2D eigenvalue weighted by Gasteiger charge is -2.41. The van der Waals surface area contributed by atoms with Crippen LogP contribution in [0.3, 0.4) is 0 Å². The molecule has 2 aliphatic rings. The number of ketones is 1. The Balaban J connectivity index is 2.21. The van der Waals surface area contributed by atoms with Gasteiger partial charge in [0.25, 0.3) is 0 Å². The number of rotatable bonds is 0. The Labute approximate surface area is 96.9 Å². The summed E-state index contributed by atoms with van der Waals surface area (Å²) in [5.74, 6) is 1.26. The van der Waals surface area contributed by atoms with Gasteiger partial charge in [0.1, 0.15) is 0 Å². The predicted molar refractivity (Wildman–Crippen MR) is 64.6 cm³/mol. The minimum absolute atomic E-state index is 0.172. The SMILES string of the molecule is CC1(C)c2ccccc2C(=O)[C@H]2CCC[C@@H]21. The van der Waals surface area contributed by atoms with Crippen LogP contribution in [-0.4, -0.2) is 5.78 Å². The molecule has 0 radical (unpaired) electrons. The fraction of sp³-hybridized carbons (Fsp3) is 0.533. The third kappa shape index (κ3) is 1.15. The molecule has 3 rings (SSSR count). The van der Waals surface area contributed by atoms with Gasteiger partial charge in [-0.1, -0.05) is 44.5 Å². The molecule has 0 aromatic heterocycles. The summed E-state index contributed by atoms with van der Waals surface area (Å²) < 4.78 is 0. The average molecular weight is 214 g/mol. The van der Waals surface area contributed by atoms with Crippen LogP contribution in [0.5, 0.6) is 0 Å². The third-order valence-corrected chi connectivity index (χ3v) is 4.67. The van der Waals surface area contributed by atoms with Crippen molar-refractivity contribution >= 4 is 5.78 Å². The van der Waals surface area contributed by atoms with Gasteiger partial charge in [0, 0.05) is 11.5 Å². The Morgan fingerprint density at radius 2 is 1.94 bits per heavy atom. The highest BCUT2D eigenvalue weighted by Gasteiger charge is 2.48. The summed E-state index contributed by atoms with van der Waals surface area (Å²) >= 11 is 0. The molecule has 1 aromatic rings. The van der Waals surface area contributed by atoms with E-state index in [1.165, 1.54) is 18.4 Å². The van der Waals surface area contributed by atoms with Crippen molar-refractivity contribution in [2.75, 3.05) is 0 Å². The van der Waals surface area contributed by atoms with Crippen LogP contribution in [0.25, 0.3) is 0 Å². The van der Waals surface area contributed by atoms with Crippen molar-refractivity contribution in [2.45, 2.75) is 38.5 Å². The van der Waals surface area contributed by atoms with Crippen LogP contribution in [0.2, 0.25) is 0 Å². The maximum atomic E-state index is 12.4. The van der Waals surface area contributed by atoms with Crippen molar-refractivity contribution in [1.82, 2.24) is 0 Å². The number of Topliss-reactive ketones (excluding diaryl/α,β-unsaturated/α-hetero) is 1. The maximum absolute atomic E-state index is 12.4. The molecule has 1 fully saturated rings. The minimum atomic E-state index is 0.172. The first-order valence-corrected chi connectivity index (χ1v) is 6.26. The first kappa shape index (κ1) is 10.1. The van der Waals surface area contributed by atoms with Gasteiger partial charge >= 0.3 is 0 Å². The molecular formula is C15H18O. The predicted octanol–water partition coefficient (Wildman–Crippen LogP) is 3.58. The smallest absolute Gasteiger partial charge is 0.166 e. The summed E-state index contributed by atoms with van der Waals surface area (Å²) in [6, 6.07) is 8.20. The van der Waals surface area contributed by atoms with E-state index in [0.717, 1.165) is 12.0 Å². The molecule has 0 N–H and O–H groups in total. The van der Waals surface area contributed by atoms with E-state index in [-0.39, 0.29) is 5.41 Å². The van der Waals surface area contributed by atoms with E-state index < -0.39 is 0 Å².